The average Bonchev–Trinajstić information content (AvgIpc) is 3.30. The molecule has 0 saturated heterocycles. The molecule has 1 aliphatic rings. The summed E-state index contributed by atoms with van der Waals surface area (Å²) in [5.74, 6) is 1.98. The molecule has 0 bridgehead atoms. The fourth-order valence-corrected chi connectivity index (χ4v) is 4.77. The van der Waals surface area contributed by atoms with E-state index in [1.54, 1.807) is 0 Å². The smallest absolute Gasteiger partial charge is 0.231 e. The summed E-state index contributed by atoms with van der Waals surface area (Å²) in [5, 5.41) is 13.5. The first-order chi connectivity index (χ1) is 13.6. The van der Waals surface area contributed by atoms with Crippen LogP contribution in [0.2, 0.25) is 0 Å². The van der Waals surface area contributed by atoms with Crippen molar-refractivity contribution < 1.29 is 9.21 Å². The number of fused-ring (bicyclic) bond motifs is 1. The molecule has 6 nitrogen and oxygen atoms in total. The van der Waals surface area contributed by atoms with Crippen LogP contribution in [0.5, 0.6) is 0 Å². The Labute approximate surface area is 169 Å². The van der Waals surface area contributed by atoms with Crippen molar-refractivity contribution in [1.29, 1.82) is 0 Å². The lowest BCUT2D eigenvalue weighted by Crippen LogP contribution is -2.28. The molecular weight excluding hydrogens is 372 g/mol. The number of hydrogen-bond acceptors (Lipinski definition) is 5. The molecule has 7 heteroatoms. The van der Waals surface area contributed by atoms with E-state index in [1.807, 2.05) is 44.2 Å². The maximum absolute atomic E-state index is 12.5. The molecule has 28 heavy (non-hydrogen) atoms. The van der Waals surface area contributed by atoms with Crippen molar-refractivity contribution in [1.82, 2.24) is 20.1 Å². The Hall–Kier alpha value is -2.28. The Kier molecular flexibility index (Phi) is 5.71. The molecule has 1 atom stereocenters. The molecule has 1 fully saturated rings. The van der Waals surface area contributed by atoms with Gasteiger partial charge in [-0.25, -0.2) is 0 Å². The Bertz CT molecular complexity index is 925. The van der Waals surface area contributed by atoms with E-state index in [0.29, 0.717) is 11.8 Å². The van der Waals surface area contributed by atoms with Gasteiger partial charge < -0.3 is 14.3 Å². The van der Waals surface area contributed by atoms with Crippen LogP contribution in [-0.4, -0.2) is 26.4 Å². The summed E-state index contributed by atoms with van der Waals surface area (Å²) >= 11 is 1.46. The van der Waals surface area contributed by atoms with Crippen molar-refractivity contribution in [3.8, 4) is 0 Å². The van der Waals surface area contributed by atoms with Crippen molar-refractivity contribution >= 4 is 28.6 Å². The molecule has 1 amide bonds. The molecule has 0 radical (unpaired) electrons. The summed E-state index contributed by atoms with van der Waals surface area (Å²) in [5.41, 5.74) is 0.837. The van der Waals surface area contributed by atoms with Crippen LogP contribution < -0.4 is 5.32 Å². The summed E-state index contributed by atoms with van der Waals surface area (Å²) in [7, 11) is 0. The van der Waals surface area contributed by atoms with E-state index in [2.05, 4.69) is 20.1 Å². The maximum atomic E-state index is 12.5. The first-order valence-electron chi connectivity index (χ1n) is 9.94. The van der Waals surface area contributed by atoms with Gasteiger partial charge in [0.05, 0.1) is 11.8 Å². The zero-order chi connectivity index (χ0) is 19.5. The van der Waals surface area contributed by atoms with Gasteiger partial charge in [0.25, 0.3) is 0 Å². The SMILES string of the molecule is Cc1nnc(SCC(=O)N[C@@H](C)c2cc3ccccc3o2)n1C1CCCCC1. The number of benzene rings is 1. The number of amides is 1. The largest absolute Gasteiger partial charge is 0.459 e. The first-order valence-corrected chi connectivity index (χ1v) is 10.9. The number of aromatic nitrogens is 3. The second kappa shape index (κ2) is 8.39. The second-order valence-corrected chi connectivity index (χ2v) is 8.40. The quantitative estimate of drug-likeness (QED) is 0.603. The number of hydrogen-bond donors (Lipinski definition) is 1. The predicted molar refractivity (Wildman–Crippen MR) is 110 cm³/mol. The van der Waals surface area contributed by atoms with Crippen LogP contribution in [0.1, 0.15) is 62.7 Å². The molecule has 3 aromatic rings. The van der Waals surface area contributed by atoms with Crippen LogP contribution in [0.25, 0.3) is 11.0 Å². The van der Waals surface area contributed by atoms with Crippen LogP contribution in [0.3, 0.4) is 0 Å². The normalized spacial score (nSPS) is 16.4. The summed E-state index contributed by atoms with van der Waals surface area (Å²) in [6.07, 6.45) is 6.15. The summed E-state index contributed by atoms with van der Waals surface area (Å²) in [4.78, 5) is 12.5. The highest BCUT2D eigenvalue weighted by Gasteiger charge is 2.22. The minimum Gasteiger partial charge on any atom is -0.459 e. The highest BCUT2D eigenvalue weighted by molar-refractivity contribution is 7.99. The molecule has 0 spiro atoms. The Balaban J connectivity index is 1.37. The van der Waals surface area contributed by atoms with Crippen molar-refractivity contribution in [2.75, 3.05) is 5.75 Å². The number of furan rings is 1. The number of carbonyl (C=O) groups excluding carboxylic acids is 1. The highest BCUT2D eigenvalue weighted by Crippen LogP contribution is 2.32. The standard InChI is InChI=1S/C21H26N4O2S/c1-14(19-12-16-8-6-7-11-18(16)27-19)22-20(26)13-28-21-24-23-15(2)25(21)17-9-4-3-5-10-17/h6-8,11-12,14,17H,3-5,9-10,13H2,1-2H3,(H,22,26)/t14-/m0/s1. The van der Waals surface area contributed by atoms with Crippen LogP contribution in [-0.2, 0) is 4.79 Å². The van der Waals surface area contributed by atoms with E-state index in [4.69, 9.17) is 4.42 Å². The van der Waals surface area contributed by atoms with Gasteiger partial charge in [0.2, 0.25) is 5.91 Å². The lowest BCUT2D eigenvalue weighted by atomic mass is 9.95. The van der Waals surface area contributed by atoms with Crippen LogP contribution >= 0.6 is 11.8 Å². The fraction of sp³-hybridized carbons (Fsp3) is 0.476. The lowest BCUT2D eigenvalue weighted by Gasteiger charge is -2.25. The maximum Gasteiger partial charge on any atom is 0.231 e. The number of thioether (sulfide) groups is 1. The number of nitrogens with one attached hydrogen (secondary N) is 1. The highest BCUT2D eigenvalue weighted by atomic mass is 32.2. The zero-order valence-electron chi connectivity index (χ0n) is 16.4. The number of nitrogens with zero attached hydrogens (tertiary/aromatic N) is 3. The van der Waals surface area contributed by atoms with E-state index in [1.165, 1.54) is 43.9 Å². The molecule has 0 unspecified atom stereocenters. The molecule has 1 aliphatic carbocycles. The van der Waals surface area contributed by atoms with Crippen LogP contribution in [0.15, 0.2) is 39.9 Å². The first kappa shape index (κ1) is 19.1. The summed E-state index contributed by atoms with van der Waals surface area (Å²) in [6, 6.07) is 10.1. The van der Waals surface area contributed by atoms with Gasteiger partial charge in [0.15, 0.2) is 5.16 Å². The number of carbonyl (C=O) groups is 1. The fourth-order valence-electron chi connectivity index (χ4n) is 3.91. The van der Waals surface area contributed by atoms with Gasteiger partial charge in [-0.1, -0.05) is 49.2 Å². The van der Waals surface area contributed by atoms with Gasteiger partial charge in [0.1, 0.15) is 17.2 Å². The molecule has 4 rings (SSSR count). The van der Waals surface area contributed by atoms with Gasteiger partial charge in [-0.2, -0.15) is 0 Å². The Morgan fingerprint density at radius 1 is 1.29 bits per heavy atom. The second-order valence-electron chi connectivity index (χ2n) is 7.46. The van der Waals surface area contributed by atoms with Gasteiger partial charge in [0, 0.05) is 11.4 Å². The van der Waals surface area contributed by atoms with E-state index >= 15 is 0 Å². The minimum absolute atomic E-state index is 0.0335. The number of aryl methyl sites for hydroxylation is 1. The van der Waals surface area contributed by atoms with Crippen molar-refractivity contribution in [2.45, 2.75) is 63.2 Å². The third kappa shape index (κ3) is 4.09. The van der Waals surface area contributed by atoms with Gasteiger partial charge in [-0.15, -0.1) is 10.2 Å². The summed E-state index contributed by atoms with van der Waals surface area (Å²) < 4.78 is 8.07. The van der Waals surface area contributed by atoms with E-state index < -0.39 is 0 Å². The molecule has 148 valence electrons. The topological polar surface area (TPSA) is 73.0 Å². The monoisotopic (exact) mass is 398 g/mol. The minimum atomic E-state index is -0.182. The van der Waals surface area contributed by atoms with Gasteiger partial charge in [-0.05, 0) is 38.8 Å². The van der Waals surface area contributed by atoms with E-state index in [0.717, 1.165) is 27.7 Å². The zero-order valence-corrected chi connectivity index (χ0v) is 17.2. The molecule has 1 saturated carbocycles. The van der Waals surface area contributed by atoms with Crippen molar-refractivity contribution in [3.05, 3.63) is 41.9 Å². The van der Waals surface area contributed by atoms with Crippen LogP contribution in [0, 0.1) is 6.92 Å². The molecule has 2 aromatic heterocycles. The van der Waals surface area contributed by atoms with Gasteiger partial charge in [-0.3, -0.25) is 4.79 Å². The van der Waals surface area contributed by atoms with Crippen molar-refractivity contribution in [3.63, 3.8) is 0 Å². The predicted octanol–water partition coefficient (Wildman–Crippen LogP) is 4.81. The average molecular weight is 399 g/mol. The Morgan fingerprint density at radius 3 is 2.86 bits per heavy atom. The van der Waals surface area contributed by atoms with E-state index in [9.17, 15) is 4.79 Å². The number of rotatable bonds is 6. The van der Waals surface area contributed by atoms with Gasteiger partial charge >= 0.3 is 0 Å². The van der Waals surface area contributed by atoms with E-state index in [-0.39, 0.29) is 11.9 Å². The van der Waals surface area contributed by atoms with Crippen molar-refractivity contribution in [2.24, 2.45) is 0 Å². The van der Waals surface area contributed by atoms with Crippen LogP contribution in [0.4, 0.5) is 0 Å². The lowest BCUT2D eigenvalue weighted by molar-refractivity contribution is -0.119. The Morgan fingerprint density at radius 2 is 2.07 bits per heavy atom. The molecule has 0 aliphatic heterocycles. The number of para-hydroxylation sites is 1. The third-order valence-corrected chi connectivity index (χ3v) is 6.30. The summed E-state index contributed by atoms with van der Waals surface area (Å²) in [6.45, 7) is 3.93. The molecule has 1 N–H and O–H groups in total. The molecule has 1 aromatic carbocycles. The molecular formula is C21H26N4O2S. The molecule has 2 heterocycles. The third-order valence-electron chi connectivity index (χ3n) is 5.36.